The number of hydrogen-bond acceptors (Lipinski definition) is 2. The Labute approximate surface area is 150 Å². The number of aliphatic hydroxyl groups is 1. The van der Waals surface area contributed by atoms with Crippen molar-refractivity contribution in [3.05, 3.63) is 83.2 Å². The van der Waals surface area contributed by atoms with Gasteiger partial charge in [-0.2, -0.15) is 0 Å². The van der Waals surface area contributed by atoms with Crippen molar-refractivity contribution in [2.75, 3.05) is 6.54 Å². The van der Waals surface area contributed by atoms with E-state index in [1.54, 1.807) is 0 Å². The van der Waals surface area contributed by atoms with Gasteiger partial charge in [-0.05, 0) is 55.5 Å². The Morgan fingerprint density at radius 1 is 1.12 bits per heavy atom. The molecule has 0 saturated heterocycles. The summed E-state index contributed by atoms with van der Waals surface area (Å²) in [4.78, 5) is 2.22. The SMILES string of the molecule is C=CCC[C@@H](O)CN(Cc1ccc(F)cc1)Cc1cc(C)ccc1C. The molecule has 2 rings (SSSR count). The molecule has 2 aromatic carbocycles. The molecular formula is C22H28FNO. The van der Waals surface area contributed by atoms with E-state index in [1.165, 1.54) is 28.8 Å². The van der Waals surface area contributed by atoms with E-state index >= 15 is 0 Å². The molecule has 0 aliphatic heterocycles. The normalized spacial score (nSPS) is 12.4. The molecule has 2 nitrogen and oxygen atoms in total. The van der Waals surface area contributed by atoms with Gasteiger partial charge in [0.25, 0.3) is 0 Å². The molecule has 0 fully saturated rings. The summed E-state index contributed by atoms with van der Waals surface area (Å²) in [7, 11) is 0. The van der Waals surface area contributed by atoms with Crippen molar-refractivity contribution in [1.82, 2.24) is 4.90 Å². The highest BCUT2D eigenvalue weighted by molar-refractivity contribution is 5.30. The van der Waals surface area contributed by atoms with Crippen LogP contribution >= 0.6 is 0 Å². The molecule has 0 aliphatic carbocycles. The Balaban J connectivity index is 2.13. The molecule has 0 radical (unpaired) electrons. The van der Waals surface area contributed by atoms with Crippen LogP contribution in [0.3, 0.4) is 0 Å². The fraction of sp³-hybridized carbons (Fsp3) is 0.364. The Kier molecular flexibility index (Phi) is 7.35. The summed E-state index contributed by atoms with van der Waals surface area (Å²) in [5, 5.41) is 10.3. The summed E-state index contributed by atoms with van der Waals surface area (Å²) >= 11 is 0. The minimum absolute atomic E-state index is 0.226. The molecule has 0 spiro atoms. The van der Waals surface area contributed by atoms with Crippen LogP contribution in [0.2, 0.25) is 0 Å². The molecule has 1 atom stereocenters. The van der Waals surface area contributed by atoms with E-state index in [0.29, 0.717) is 19.5 Å². The lowest BCUT2D eigenvalue weighted by Gasteiger charge is -2.26. The highest BCUT2D eigenvalue weighted by Gasteiger charge is 2.14. The van der Waals surface area contributed by atoms with Crippen LogP contribution in [0.4, 0.5) is 4.39 Å². The van der Waals surface area contributed by atoms with Crippen molar-refractivity contribution in [2.24, 2.45) is 0 Å². The lowest BCUT2D eigenvalue weighted by Crippen LogP contribution is -2.32. The number of allylic oxidation sites excluding steroid dienone is 1. The van der Waals surface area contributed by atoms with Crippen molar-refractivity contribution >= 4 is 0 Å². The average Bonchev–Trinajstić information content (AvgIpc) is 2.58. The number of benzene rings is 2. The predicted molar refractivity (Wildman–Crippen MR) is 102 cm³/mol. The third-order valence-corrected chi connectivity index (χ3v) is 4.39. The van der Waals surface area contributed by atoms with E-state index in [4.69, 9.17) is 0 Å². The van der Waals surface area contributed by atoms with Crippen LogP contribution < -0.4 is 0 Å². The van der Waals surface area contributed by atoms with Crippen molar-refractivity contribution in [1.29, 1.82) is 0 Å². The predicted octanol–water partition coefficient (Wildman–Crippen LogP) is 4.77. The van der Waals surface area contributed by atoms with Gasteiger partial charge in [-0.25, -0.2) is 4.39 Å². The van der Waals surface area contributed by atoms with Gasteiger partial charge in [-0.3, -0.25) is 4.90 Å². The molecule has 2 aromatic rings. The van der Waals surface area contributed by atoms with Gasteiger partial charge in [0.2, 0.25) is 0 Å². The van der Waals surface area contributed by atoms with Crippen molar-refractivity contribution in [3.63, 3.8) is 0 Å². The van der Waals surface area contributed by atoms with Gasteiger partial charge in [-0.15, -0.1) is 6.58 Å². The molecule has 0 amide bonds. The average molecular weight is 341 g/mol. The summed E-state index contributed by atoms with van der Waals surface area (Å²) in [6, 6.07) is 13.0. The number of aliphatic hydroxyl groups excluding tert-OH is 1. The maximum Gasteiger partial charge on any atom is 0.123 e. The second kappa shape index (κ2) is 9.50. The molecule has 0 heterocycles. The van der Waals surface area contributed by atoms with Crippen LogP contribution in [0.5, 0.6) is 0 Å². The Morgan fingerprint density at radius 2 is 1.84 bits per heavy atom. The fourth-order valence-corrected chi connectivity index (χ4v) is 2.94. The molecule has 25 heavy (non-hydrogen) atoms. The molecule has 1 N–H and O–H groups in total. The Morgan fingerprint density at radius 3 is 2.52 bits per heavy atom. The molecule has 0 unspecified atom stereocenters. The molecule has 0 aliphatic rings. The van der Waals surface area contributed by atoms with E-state index < -0.39 is 6.10 Å². The molecular weight excluding hydrogens is 313 g/mol. The zero-order valence-electron chi connectivity index (χ0n) is 15.2. The molecule has 0 saturated carbocycles. The number of aryl methyl sites for hydroxylation is 2. The van der Waals surface area contributed by atoms with Gasteiger partial charge in [0.15, 0.2) is 0 Å². The van der Waals surface area contributed by atoms with Crippen LogP contribution in [0, 0.1) is 19.7 Å². The first-order chi connectivity index (χ1) is 12.0. The number of rotatable bonds is 9. The number of nitrogens with zero attached hydrogens (tertiary/aromatic N) is 1. The van der Waals surface area contributed by atoms with Gasteiger partial charge < -0.3 is 5.11 Å². The zero-order chi connectivity index (χ0) is 18.2. The van der Waals surface area contributed by atoms with Crippen LogP contribution in [0.25, 0.3) is 0 Å². The van der Waals surface area contributed by atoms with Crippen LogP contribution in [-0.4, -0.2) is 22.7 Å². The van der Waals surface area contributed by atoms with E-state index in [2.05, 4.69) is 43.5 Å². The van der Waals surface area contributed by atoms with Crippen LogP contribution in [0.1, 0.15) is 35.1 Å². The molecule has 134 valence electrons. The van der Waals surface area contributed by atoms with E-state index in [1.807, 2.05) is 18.2 Å². The standard InChI is InChI=1S/C22H28FNO/c1-4-5-6-22(25)16-24(14-19-9-11-21(23)12-10-19)15-20-13-17(2)7-8-18(20)3/h4,7-13,22,25H,1,5-6,14-16H2,2-3H3/t22-/m1/s1. The largest absolute Gasteiger partial charge is 0.392 e. The number of halogens is 1. The quantitative estimate of drug-likeness (QED) is 0.664. The monoisotopic (exact) mass is 341 g/mol. The van der Waals surface area contributed by atoms with Crippen LogP contribution in [-0.2, 0) is 13.1 Å². The van der Waals surface area contributed by atoms with E-state index in [0.717, 1.165) is 18.5 Å². The minimum atomic E-state index is -0.399. The fourth-order valence-electron chi connectivity index (χ4n) is 2.94. The van der Waals surface area contributed by atoms with Gasteiger partial charge in [-0.1, -0.05) is 42.0 Å². The van der Waals surface area contributed by atoms with Gasteiger partial charge >= 0.3 is 0 Å². The van der Waals surface area contributed by atoms with E-state index in [-0.39, 0.29) is 5.82 Å². The summed E-state index contributed by atoms with van der Waals surface area (Å²) in [6.45, 7) is 9.94. The van der Waals surface area contributed by atoms with Gasteiger partial charge in [0.05, 0.1) is 6.10 Å². The molecule has 0 aromatic heterocycles. The highest BCUT2D eigenvalue weighted by atomic mass is 19.1. The molecule has 0 bridgehead atoms. The minimum Gasteiger partial charge on any atom is -0.392 e. The first kappa shape index (κ1) is 19.4. The number of hydrogen-bond donors (Lipinski definition) is 1. The molecule has 3 heteroatoms. The smallest absolute Gasteiger partial charge is 0.123 e. The van der Waals surface area contributed by atoms with Gasteiger partial charge in [0.1, 0.15) is 5.82 Å². The van der Waals surface area contributed by atoms with Crippen molar-refractivity contribution in [3.8, 4) is 0 Å². The topological polar surface area (TPSA) is 23.5 Å². The van der Waals surface area contributed by atoms with Crippen molar-refractivity contribution < 1.29 is 9.50 Å². The summed E-state index contributed by atoms with van der Waals surface area (Å²) in [5.41, 5.74) is 4.78. The summed E-state index contributed by atoms with van der Waals surface area (Å²) in [6.07, 6.45) is 2.94. The second-order valence-electron chi connectivity index (χ2n) is 6.75. The lowest BCUT2D eigenvalue weighted by atomic mass is 10.0. The summed E-state index contributed by atoms with van der Waals surface area (Å²) < 4.78 is 13.2. The summed E-state index contributed by atoms with van der Waals surface area (Å²) in [5.74, 6) is -0.226. The lowest BCUT2D eigenvalue weighted by molar-refractivity contribution is 0.0983. The van der Waals surface area contributed by atoms with E-state index in [9.17, 15) is 9.50 Å². The third-order valence-electron chi connectivity index (χ3n) is 4.39. The van der Waals surface area contributed by atoms with Crippen LogP contribution in [0.15, 0.2) is 55.1 Å². The maximum atomic E-state index is 13.2. The highest BCUT2D eigenvalue weighted by Crippen LogP contribution is 2.17. The second-order valence-corrected chi connectivity index (χ2v) is 6.75. The Bertz CT molecular complexity index is 681. The maximum absolute atomic E-state index is 13.2. The van der Waals surface area contributed by atoms with Gasteiger partial charge in [0, 0.05) is 19.6 Å². The first-order valence-corrected chi connectivity index (χ1v) is 8.80. The Hall–Kier alpha value is -1.97. The zero-order valence-corrected chi connectivity index (χ0v) is 15.2. The first-order valence-electron chi connectivity index (χ1n) is 8.80. The van der Waals surface area contributed by atoms with Crippen molar-refractivity contribution in [2.45, 2.75) is 45.9 Å². The third kappa shape index (κ3) is 6.45.